The van der Waals surface area contributed by atoms with Crippen molar-refractivity contribution in [1.29, 1.82) is 0 Å². The van der Waals surface area contributed by atoms with Gasteiger partial charge in [-0.2, -0.15) is 5.01 Å². The minimum absolute atomic E-state index is 0.0205. The van der Waals surface area contributed by atoms with E-state index in [1.165, 1.54) is 5.56 Å². The van der Waals surface area contributed by atoms with Crippen LogP contribution >= 0.6 is 0 Å². The molecule has 0 aliphatic carbocycles. The molecule has 128 valence electrons. The summed E-state index contributed by atoms with van der Waals surface area (Å²) in [6.45, 7) is 1.36. The number of hydrogen-bond donors (Lipinski definition) is 1. The molecule has 1 N–H and O–H groups in total. The number of ketones is 1. The van der Waals surface area contributed by atoms with Gasteiger partial charge in [-0.1, -0.05) is 78.9 Å². The third-order valence-electron chi connectivity index (χ3n) is 4.31. The molecule has 4 nitrogen and oxygen atoms in total. The Labute approximate surface area is 152 Å². The van der Waals surface area contributed by atoms with Gasteiger partial charge in [0.15, 0.2) is 5.78 Å². The van der Waals surface area contributed by atoms with E-state index in [4.69, 9.17) is 0 Å². The van der Waals surface area contributed by atoms with Crippen LogP contribution in [0.4, 0.5) is 0 Å². The molecule has 0 saturated carbocycles. The zero-order valence-corrected chi connectivity index (χ0v) is 14.3. The molecule has 0 spiro atoms. The first-order valence-corrected chi connectivity index (χ1v) is 8.60. The van der Waals surface area contributed by atoms with Gasteiger partial charge in [-0.05, 0) is 11.6 Å². The van der Waals surface area contributed by atoms with E-state index < -0.39 is 0 Å². The molecule has 1 aliphatic rings. The Morgan fingerprint density at radius 2 is 1.58 bits per heavy atom. The molecule has 3 aromatic carbocycles. The molecule has 0 saturated heterocycles. The minimum atomic E-state index is 0.0205. The Kier molecular flexibility index (Phi) is 4.58. The van der Waals surface area contributed by atoms with Gasteiger partial charge in [-0.15, -0.1) is 0 Å². The van der Waals surface area contributed by atoms with Crippen LogP contribution in [0, 0.1) is 0 Å². The van der Waals surface area contributed by atoms with Crippen molar-refractivity contribution in [3.63, 3.8) is 0 Å². The third kappa shape index (κ3) is 3.55. The lowest BCUT2D eigenvalue weighted by Crippen LogP contribution is -2.35. The number of amidine groups is 1. The first-order chi connectivity index (χ1) is 12.8. The highest BCUT2D eigenvalue weighted by Crippen LogP contribution is 2.14. The van der Waals surface area contributed by atoms with Crippen LogP contribution in [0.2, 0.25) is 0 Å². The van der Waals surface area contributed by atoms with Crippen LogP contribution in [0.15, 0.2) is 89.9 Å². The van der Waals surface area contributed by atoms with Crippen molar-refractivity contribution in [2.45, 2.75) is 6.54 Å². The van der Waals surface area contributed by atoms with E-state index in [-0.39, 0.29) is 5.78 Å². The molecule has 0 unspecified atom stereocenters. The molecule has 0 radical (unpaired) electrons. The van der Waals surface area contributed by atoms with Crippen LogP contribution in [0.3, 0.4) is 0 Å². The lowest BCUT2D eigenvalue weighted by molar-refractivity contribution is 0.103. The van der Waals surface area contributed by atoms with Crippen LogP contribution in [0.5, 0.6) is 0 Å². The van der Waals surface area contributed by atoms with Gasteiger partial charge in [0.05, 0.1) is 0 Å². The summed E-state index contributed by atoms with van der Waals surface area (Å²) in [6, 6.07) is 27.2. The zero-order valence-electron chi connectivity index (χ0n) is 14.3. The molecule has 1 heterocycles. The van der Waals surface area contributed by atoms with Crippen molar-refractivity contribution in [1.82, 2.24) is 10.4 Å². The summed E-state index contributed by atoms with van der Waals surface area (Å²) in [7, 11) is 0. The number of rotatable bonds is 5. The van der Waals surface area contributed by atoms with E-state index in [0.717, 1.165) is 17.9 Å². The third-order valence-corrected chi connectivity index (χ3v) is 4.31. The highest BCUT2D eigenvalue weighted by Gasteiger charge is 2.17. The maximum atomic E-state index is 12.6. The Balaban J connectivity index is 1.48. The van der Waals surface area contributed by atoms with Crippen molar-refractivity contribution in [3.8, 4) is 0 Å². The van der Waals surface area contributed by atoms with Crippen LogP contribution in [0.25, 0.3) is 0 Å². The maximum Gasteiger partial charge on any atom is 0.193 e. The van der Waals surface area contributed by atoms with Crippen molar-refractivity contribution in [2.24, 2.45) is 4.99 Å². The van der Waals surface area contributed by atoms with E-state index in [0.29, 0.717) is 17.8 Å². The van der Waals surface area contributed by atoms with Gasteiger partial charge in [-0.3, -0.25) is 4.79 Å². The maximum absolute atomic E-state index is 12.6. The fourth-order valence-corrected chi connectivity index (χ4v) is 2.99. The molecule has 4 heteroatoms. The van der Waals surface area contributed by atoms with Gasteiger partial charge in [0, 0.05) is 23.2 Å². The van der Waals surface area contributed by atoms with Crippen LogP contribution in [-0.2, 0) is 6.54 Å². The lowest BCUT2D eigenvalue weighted by atomic mass is 10.0. The van der Waals surface area contributed by atoms with Gasteiger partial charge in [0.25, 0.3) is 0 Å². The minimum Gasteiger partial charge on any atom is -0.301 e. The summed E-state index contributed by atoms with van der Waals surface area (Å²) in [6.07, 6.45) is 0. The zero-order chi connectivity index (χ0) is 17.8. The van der Waals surface area contributed by atoms with Gasteiger partial charge in [-0.25, -0.2) is 4.99 Å². The molecule has 1 aliphatic heterocycles. The highest BCUT2D eigenvalue weighted by molar-refractivity contribution is 6.10. The molecular formula is C22H19N3O. The summed E-state index contributed by atoms with van der Waals surface area (Å²) in [4.78, 5) is 17.2. The number of benzene rings is 3. The second kappa shape index (κ2) is 7.33. The second-order valence-corrected chi connectivity index (χ2v) is 6.22. The Morgan fingerprint density at radius 3 is 2.35 bits per heavy atom. The van der Waals surface area contributed by atoms with Crippen molar-refractivity contribution in [2.75, 3.05) is 6.67 Å². The van der Waals surface area contributed by atoms with Gasteiger partial charge in [0.1, 0.15) is 12.5 Å². The van der Waals surface area contributed by atoms with Crippen LogP contribution in [-0.4, -0.2) is 23.3 Å². The average molecular weight is 341 g/mol. The largest absolute Gasteiger partial charge is 0.301 e. The number of hydrogen-bond acceptors (Lipinski definition) is 4. The fourth-order valence-electron chi connectivity index (χ4n) is 2.99. The number of nitrogens with zero attached hydrogens (tertiary/aromatic N) is 2. The number of nitrogens with one attached hydrogen (secondary N) is 1. The summed E-state index contributed by atoms with van der Waals surface area (Å²) in [5.74, 6) is 0.816. The first kappa shape index (κ1) is 16.2. The van der Waals surface area contributed by atoms with Gasteiger partial charge in [0.2, 0.25) is 0 Å². The van der Waals surface area contributed by atoms with E-state index in [9.17, 15) is 4.79 Å². The topological polar surface area (TPSA) is 44.7 Å². The summed E-state index contributed by atoms with van der Waals surface area (Å²) in [5.41, 5.74) is 6.84. The summed E-state index contributed by atoms with van der Waals surface area (Å²) >= 11 is 0. The monoisotopic (exact) mass is 341 g/mol. The predicted molar refractivity (Wildman–Crippen MR) is 103 cm³/mol. The Bertz CT molecular complexity index is 936. The normalized spacial score (nSPS) is 13.9. The van der Waals surface area contributed by atoms with Crippen molar-refractivity contribution >= 4 is 11.6 Å². The quantitative estimate of drug-likeness (QED) is 0.721. The Morgan fingerprint density at radius 1 is 0.885 bits per heavy atom. The lowest BCUT2D eigenvalue weighted by Gasteiger charge is -2.16. The van der Waals surface area contributed by atoms with E-state index in [1.807, 2.05) is 72.8 Å². The predicted octanol–water partition coefficient (Wildman–Crippen LogP) is 3.64. The van der Waals surface area contributed by atoms with E-state index in [1.54, 1.807) is 0 Å². The molecule has 3 aromatic rings. The smallest absolute Gasteiger partial charge is 0.193 e. The van der Waals surface area contributed by atoms with Crippen molar-refractivity contribution < 1.29 is 4.79 Å². The highest BCUT2D eigenvalue weighted by atomic mass is 16.1. The molecule has 0 atom stereocenters. The molecule has 0 fully saturated rings. The molecular weight excluding hydrogens is 322 g/mol. The second-order valence-electron chi connectivity index (χ2n) is 6.22. The number of carbonyl (C=O) groups is 1. The molecule has 0 amide bonds. The standard InChI is InChI=1S/C22H19N3O/c26-21(18-10-5-2-6-11-18)19-12-7-13-20(14-19)22-23-16-25(24-22)15-17-8-3-1-4-9-17/h1-14H,15-16H2,(H,23,24). The first-order valence-electron chi connectivity index (χ1n) is 8.60. The van der Waals surface area contributed by atoms with E-state index in [2.05, 4.69) is 27.6 Å². The fraction of sp³-hybridized carbons (Fsp3) is 0.0909. The van der Waals surface area contributed by atoms with Crippen LogP contribution < -0.4 is 5.43 Å². The average Bonchev–Trinajstić information content (AvgIpc) is 3.17. The molecule has 0 bridgehead atoms. The molecule has 0 aromatic heterocycles. The van der Waals surface area contributed by atoms with Crippen LogP contribution in [0.1, 0.15) is 27.0 Å². The summed E-state index contributed by atoms with van der Waals surface area (Å²) < 4.78 is 0. The SMILES string of the molecule is O=C(c1ccccc1)c1cccc(C2=NCN(Cc3ccccc3)N2)c1. The van der Waals surface area contributed by atoms with Crippen molar-refractivity contribution in [3.05, 3.63) is 107 Å². The van der Waals surface area contributed by atoms with Gasteiger partial charge < -0.3 is 5.43 Å². The summed E-state index contributed by atoms with van der Waals surface area (Å²) in [5, 5.41) is 2.05. The molecule has 26 heavy (non-hydrogen) atoms. The van der Waals surface area contributed by atoms with E-state index >= 15 is 0 Å². The number of hydrazine groups is 1. The Hall–Kier alpha value is -3.24. The number of carbonyl (C=O) groups excluding carboxylic acids is 1. The number of aliphatic imine (C=N–C) groups is 1. The molecule has 4 rings (SSSR count). The van der Waals surface area contributed by atoms with Gasteiger partial charge >= 0.3 is 0 Å².